The quantitative estimate of drug-likeness (QED) is 0.645. The molecule has 7 heteroatoms. The number of nitrogens with zero attached hydrogens (tertiary/aromatic N) is 1. The van der Waals surface area contributed by atoms with Crippen molar-refractivity contribution < 1.29 is 24.2 Å². The first-order valence-electron chi connectivity index (χ1n) is 6.45. The molecule has 0 saturated heterocycles. The van der Waals surface area contributed by atoms with Gasteiger partial charge in [-0.15, -0.1) is 0 Å². The van der Waals surface area contributed by atoms with E-state index in [1.54, 1.807) is 25.1 Å². The standard InChI is InChI=1S/C15H16BrNO5/c1-8(13(18)22-4)15(20)11-7-10(16)5-6-12(11)17(14(15)19)9(2)21-3/h5-7,9,20H,1H2,2-4H3. The first kappa shape index (κ1) is 16.7. The predicted molar refractivity (Wildman–Crippen MR) is 83.2 cm³/mol. The third-order valence-electron chi connectivity index (χ3n) is 3.71. The zero-order chi connectivity index (χ0) is 16.7. The number of fused-ring (bicyclic) bond motifs is 1. The second-order valence-corrected chi connectivity index (χ2v) is 5.77. The second kappa shape index (κ2) is 5.83. The van der Waals surface area contributed by atoms with Crippen molar-refractivity contribution >= 4 is 33.5 Å². The van der Waals surface area contributed by atoms with E-state index in [1.807, 2.05) is 0 Å². The molecule has 2 atom stereocenters. The molecule has 118 valence electrons. The summed E-state index contributed by atoms with van der Waals surface area (Å²) >= 11 is 3.30. The van der Waals surface area contributed by atoms with E-state index in [1.165, 1.54) is 12.0 Å². The molecule has 1 aromatic carbocycles. The Labute approximate surface area is 136 Å². The van der Waals surface area contributed by atoms with Crippen molar-refractivity contribution in [3.63, 3.8) is 0 Å². The summed E-state index contributed by atoms with van der Waals surface area (Å²) in [5.41, 5.74) is -1.81. The fraction of sp³-hybridized carbons (Fsp3) is 0.333. The molecule has 0 aliphatic carbocycles. The number of amides is 1. The van der Waals surface area contributed by atoms with Crippen LogP contribution in [0.4, 0.5) is 5.69 Å². The lowest BCUT2D eigenvalue weighted by molar-refractivity contribution is -0.145. The Kier molecular flexibility index (Phi) is 4.42. The van der Waals surface area contributed by atoms with E-state index >= 15 is 0 Å². The summed E-state index contributed by atoms with van der Waals surface area (Å²) in [5, 5.41) is 11.0. The summed E-state index contributed by atoms with van der Waals surface area (Å²) in [5.74, 6) is -1.56. The number of anilines is 1. The molecule has 1 aromatic rings. The van der Waals surface area contributed by atoms with Crippen molar-refractivity contribution in [3.8, 4) is 0 Å². The molecule has 1 heterocycles. The molecule has 2 rings (SSSR count). The van der Waals surface area contributed by atoms with Crippen molar-refractivity contribution in [2.24, 2.45) is 0 Å². The number of esters is 1. The minimum atomic E-state index is -2.18. The molecule has 22 heavy (non-hydrogen) atoms. The van der Waals surface area contributed by atoms with E-state index in [0.29, 0.717) is 10.2 Å². The fourth-order valence-corrected chi connectivity index (χ4v) is 2.80. The SMILES string of the molecule is C=C(C(=O)OC)C1(O)C(=O)N(C(C)OC)c2ccc(Br)cc21. The van der Waals surface area contributed by atoms with Crippen LogP contribution >= 0.6 is 15.9 Å². The van der Waals surface area contributed by atoms with Crippen LogP contribution in [-0.4, -0.2) is 37.4 Å². The number of hydrogen-bond acceptors (Lipinski definition) is 5. The Hall–Kier alpha value is -1.70. The molecule has 0 saturated carbocycles. The highest BCUT2D eigenvalue weighted by molar-refractivity contribution is 9.10. The topological polar surface area (TPSA) is 76.1 Å². The maximum atomic E-state index is 12.8. The normalized spacial score (nSPS) is 21.5. The zero-order valence-electron chi connectivity index (χ0n) is 12.4. The van der Waals surface area contributed by atoms with E-state index in [0.717, 1.165) is 7.11 Å². The largest absolute Gasteiger partial charge is 0.466 e. The Balaban J connectivity index is 2.67. The van der Waals surface area contributed by atoms with Crippen LogP contribution in [0.5, 0.6) is 0 Å². The maximum Gasteiger partial charge on any atom is 0.336 e. The van der Waals surface area contributed by atoms with Crippen LogP contribution in [0, 0.1) is 0 Å². The molecule has 1 N–H and O–H groups in total. The van der Waals surface area contributed by atoms with Gasteiger partial charge in [0.2, 0.25) is 5.60 Å². The van der Waals surface area contributed by atoms with Gasteiger partial charge in [0, 0.05) is 17.1 Å². The summed E-state index contributed by atoms with van der Waals surface area (Å²) in [6.45, 7) is 5.21. The fourth-order valence-electron chi connectivity index (χ4n) is 2.44. The van der Waals surface area contributed by atoms with Gasteiger partial charge in [-0.2, -0.15) is 0 Å². The van der Waals surface area contributed by atoms with Crippen LogP contribution in [0.15, 0.2) is 34.8 Å². The lowest BCUT2D eigenvalue weighted by Gasteiger charge is -2.26. The van der Waals surface area contributed by atoms with E-state index < -0.39 is 23.7 Å². The van der Waals surface area contributed by atoms with Gasteiger partial charge >= 0.3 is 5.97 Å². The van der Waals surface area contributed by atoms with E-state index in [-0.39, 0.29) is 11.1 Å². The Bertz CT molecular complexity index is 659. The first-order chi connectivity index (χ1) is 10.3. The Morgan fingerprint density at radius 1 is 1.45 bits per heavy atom. The third-order valence-corrected chi connectivity index (χ3v) is 4.20. The molecule has 0 spiro atoms. The number of carbonyl (C=O) groups is 2. The van der Waals surface area contributed by atoms with Gasteiger partial charge in [-0.1, -0.05) is 22.5 Å². The molecule has 0 fully saturated rings. The number of aliphatic hydroxyl groups is 1. The minimum Gasteiger partial charge on any atom is -0.466 e. The van der Waals surface area contributed by atoms with Gasteiger partial charge in [0.1, 0.15) is 6.23 Å². The summed E-state index contributed by atoms with van der Waals surface area (Å²) in [4.78, 5) is 25.9. The minimum absolute atomic E-state index is 0.256. The van der Waals surface area contributed by atoms with E-state index in [9.17, 15) is 14.7 Å². The lowest BCUT2D eigenvalue weighted by Crippen LogP contribution is -2.47. The summed E-state index contributed by atoms with van der Waals surface area (Å²) in [6.07, 6.45) is -0.619. The van der Waals surface area contributed by atoms with Crippen LogP contribution in [0.25, 0.3) is 0 Å². The maximum absolute atomic E-state index is 12.8. The molecule has 2 unspecified atom stereocenters. The number of rotatable bonds is 4. The zero-order valence-corrected chi connectivity index (χ0v) is 14.0. The van der Waals surface area contributed by atoms with Gasteiger partial charge in [-0.05, 0) is 25.1 Å². The van der Waals surface area contributed by atoms with Crippen LogP contribution in [-0.2, 0) is 24.7 Å². The molecule has 1 aliphatic heterocycles. The molecular formula is C15H16BrNO5. The lowest BCUT2D eigenvalue weighted by atomic mass is 9.88. The van der Waals surface area contributed by atoms with Gasteiger partial charge in [0.15, 0.2) is 0 Å². The number of ether oxygens (including phenoxy) is 2. The predicted octanol–water partition coefficient (Wildman–Crippen LogP) is 1.70. The Morgan fingerprint density at radius 3 is 2.64 bits per heavy atom. The van der Waals surface area contributed by atoms with Crippen molar-refractivity contribution in [1.82, 2.24) is 0 Å². The van der Waals surface area contributed by atoms with Gasteiger partial charge in [0.05, 0.1) is 18.4 Å². The molecule has 0 radical (unpaired) electrons. The first-order valence-corrected chi connectivity index (χ1v) is 7.24. The summed E-state index contributed by atoms with van der Waals surface area (Å²) < 4.78 is 10.4. The highest BCUT2D eigenvalue weighted by atomic mass is 79.9. The highest BCUT2D eigenvalue weighted by Crippen LogP contribution is 2.46. The van der Waals surface area contributed by atoms with Gasteiger partial charge in [0.25, 0.3) is 5.91 Å². The number of benzene rings is 1. The monoisotopic (exact) mass is 369 g/mol. The average Bonchev–Trinajstić information content (AvgIpc) is 2.74. The molecule has 1 aliphatic rings. The van der Waals surface area contributed by atoms with Crippen LogP contribution < -0.4 is 4.90 Å². The van der Waals surface area contributed by atoms with Crippen molar-refractivity contribution in [2.75, 3.05) is 19.1 Å². The van der Waals surface area contributed by atoms with Crippen molar-refractivity contribution in [3.05, 3.63) is 40.4 Å². The highest BCUT2D eigenvalue weighted by Gasteiger charge is 2.55. The summed E-state index contributed by atoms with van der Waals surface area (Å²) in [7, 11) is 2.61. The van der Waals surface area contributed by atoms with Gasteiger partial charge < -0.3 is 14.6 Å². The molecule has 1 amide bonds. The second-order valence-electron chi connectivity index (χ2n) is 4.85. The molecular weight excluding hydrogens is 354 g/mol. The number of carbonyl (C=O) groups excluding carboxylic acids is 2. The number of halogens is 1. The van der Waals surface area contributed by atoms with Gasteiger partial charge in [-0.25, -0.2) is 4.79 Å². The van der Waals surface area contributed by atoms with Crippen LogP contribution in [0.1, 0.15) is 12.5 Å². The molecule has 6 nitrogen and oxygen atoms in total. The Morgan fingerprint density at radius 2 is 2.09 bits per heavy atom. The number of methoxy groups -OCH3 is 2. The van der Waals surface area contributed by atoms with Gasteiger partial charge in [-0.3, -0.25) is 9.69 Å². The summed E-state index contributed by atoms with van der Waals surface area (Å²) in [6, 6.07) is 4.97. The van der Waals surface area contributed by atoms with E-state index in [2.05, 4.69) is 27.2 Å². The number of hydrogen-bond donors (Lipinski definition) is 1. The molecule has 0 aromatic heterocycles. The van der Waals surface area contributed by atoms with Crippen molar-refractivity contribution in [1.29, 1.82) is 0 Å². The van der Waals surface area contributed by atoms with Crippen LogP contribution in [0.3, 0.4) is 0 Å². The smallest absolute Gasteiger partial charge is 0.336 e. The van der Waals surface area contributed by atoms with Crippen molar-refractivity contribution in [2.45, 2.75) is 18.8 Å². The third kappa shape index (κ3) is 2.25. The average molecular weight is 370 g/mol. The molecule has 0 bridgehead atoms. The van der Waals surface area contributed by atoms with Crippen LogP contribution in [0.2, 0.25) is 0 Å². The van der Waals surface area contributed by atoms with E-state index in [4.69, 9.17) is 4.74 Å².